The molecule has 0 aliphatic carbocycles. The van der Waals surface area contributed by atoms with Crippen LogP contribution in [-0.2, 0) is 4.74 Å². The van der Waals surface area contributed by atoms with Crippen LogP contribution in [0.25, 0.3) is 0 Å². The second-order valence-corrected chi connectivity index (χ2v) is 7.33. The molecule has 7 heteroatoms. The van der Waals surface area contributed by atoms with Crippen molar-refractivity contribution in [2.75, 3.05) is 31.1 Å². The number of halogens is 1. The molecule has 1 spiro atoms. The fourth-order valence-corrected chi connectivity index (χ4v) is 2.89. The maximum absolute atomic E-state index is 11.9. The van der Waals surface area contributed by atoms with Gasteiger partial charge in [0.05, 0.1) is 17.4 Å². The lowest BCUT2D eigenvalue weighted by Gasteiger charge is -2.59. The number of anilines is 1. The number of rotatable bonds is 1. The Labute approximate surface area is 129 Å². The first-order chi connectivity index (χ1) is 9.76. The molecule has 0 unspecified atom stereocenters. The zero-order chi connectivity index (χ0) is 15.3. The van der Waals surface area contributed by atoms with Crippen LogP contribution in [0.2, 0.25) is 5.02 Å². The van der Waals surface area contributed by atoms with Gasteiger partial charge in [0.2, 0.25) is 5.95 Å². The Kier molecular flexibility index (Phi) is 3.24. The summed E-state index contributed by atoms with van der Waals surface area (Å²) in [6.45, 7) is 8.86. The van der Waals surface area contributed by atoms with E-state index < -0.39 is 5.60 Å². The average Bonchev–Trinajstić information content (AvgIpc) is 2.25. The van der Waals surface area contributed by atoms with Gasteiger partial charge >= 0.3 is 6.09 Å². The first-order valence-electron chi connectivity index (χ1n) is 6.97. The van der Waals surface area contributed by atoms with Crippen LogP contribution in [0.3, 0.4) is 0 Å². The van der Waals surface area contributed by atoms with Crippen LogP contribution in [0.15, 0.2) is 12.4 Å². The molecular formula is C14H19ClN4O2. The van der Waals surface area contributed by atoms with Crippen LogP contribution in [0.1, 0.15) is 20.8 Å². The van der Waals surface area contributed by atoms with Crippen LogP contribution in [-0.4, -0.2) is 52.7 Å². The van der Waals surface area contributed by atoms with Gasteiger partial charge in [-0.05, 0) is 20.8 Å². The van der Waals surface area contributed by atoms with E-state index in [0.29, 0.717) is 11.0 Å². The van der Waals surface area contributed by atoms with Gasteiger partial charge in [0.25, 0.3) is 0 Å². The summed E-state index contributed by atoms with van der Waals surface area (Å²) in [6, 6.07) is 0. The van der Waals surface area contributed by atoms with E-state index in [0.717, 1.165) is 26.2 Å². The lowest BCUT2D eigenvalue weighted by molar-refractivity contribution is -0.0456. The molecule has 0 N–H and O–H groups in total. The first kappa shape index (κ1) is 14.4. The van der Waals surface area contributed by atoms with Crippen molar-refractivity contribution >= 4 is 23.6 Å². The van der Waals surface area contributed by atoms with Crippen LogP contribution in [0, 0.1) is 5.41 Å². The molecule has 2 aliphatic rings. The van der Waals surface area contributed by atoms with Gasteiger partial charge in [-0.15, -0.1) is 0 Å². The molecule has 1 aromatic heterocycles. The van der Waals surface area contributed by atoms with Crippen molar-refractivity contribution in [2.45, 2.75) is 26.4 Å². The SMILES string of the molecule is CC(C)(C)OC(=O)N1CC2(C1)CN(c1ncc(Cl)cn1)C2. The van der Waals surface area contributed by atoms with E-state index >= 15 is 0 Å². The molecule has 1 amide bonds. The molecule has 114 valence electrons. The van der Waals surface area contributed by atoms with E-state index in [2.05, 4.69) is 14.9 Å². The fourth-order valence-electron chi connectivity index (χ4n) is 2.79. The molecule has 6 nitrogen and oxygen atoms in total. The fraction of sp³-hybridized carbons (Fsp3) is 0.643. The molecule has 0 saturated carbocycles. The van der Waals surface area contributed by atoms with Crippen molar-refractivity contribution in [3.8, 4) is 0 Å². The van der Waals surface area contributed by atoms with Gasteiger partial charge in [-0.25, -0.2) is 14.8 Å². The van der Waals surface area contributed by atoms with Gasteiger partial charge in [0, 0.05) is 31.6 Å². The first-order valence-corrected chi connectivity index (χ1v) is 7.35. The molecule has 2 aliphatic heterocycles. The zero-order valence-electron chi connectivity index (χ0n) is 12.5. The van der Waals surface area contributed by atoms with E-state index in [1.165, 1.54) is 0 Å². The van der Waals surface area contributed by atoms with Crippen LogP contribution < -0.4 is 4.90 Å². The standard InChI is InChI=1S/C14H19ClN4O2/c1-13(2,3)21-12(20)19-8-14(9-19)6-18(7-14)11-16-4-10(15)5-17-11/h4-5H,6-9H2,1-3H3. The highest BCUT2D eigenvalue weighted by molar-refractivity contribution is 6.30. The number of hydrogen-bond acceptors (Lipinski definition) is 5. The summed E-state index contributed by atoms with van der Waals surface area (Å²) in [4.78, 5) is 24.2. The number of ether oxygens (including phenoxy) is 1. The molecule has 0 atom stereocenters. The van der Waals surface area contributed by atoms with Gasteiger partial charge in [0.1, 0.15) is 5.60 Å². The number of likely N-dealkylation sites (tertiary alicyclic amines) is 1. The van der Waals surface area contributed by atoms with Crippen molar-refractivity contribution in [3.63, 3.8) is 0 Å². The van der Waals surface area contributed by atoms with Gasteiger partial charge < -0.3 is 14.5 Å². The van der Waals surface area contributed by atoms with Crippen molar-refractivity contribution in [1.82, 2.24) is 14.9 Å². The number of carbonyl (C=O) groups is 1. The smallest absolute Gasteiger partial charge is 0.410 e. The van der Waals surface area contributed by atoms with Crippen molar-refractivity contribution in [3.05, 3.63) is 17.4 Å². The quantitative estimate of drug-likeness (QED) is 0.796. The third-order valence-electron chi connectivity index (χ3n) is 3.65. The van der Waals surface area contributed by atoms with Gasteiger partial charge in [-0.3, -0.25) is 0 Å². The molecule has 0 radical (unpaired) electrons. The van der Waals surface area contributed by atoms with Crippen molar-refractivity contribution < 1.29 is 9.53 Å². The van der Waals surface area contributed by atoms with Gasteiger partial charge in [0.15, 0.2) is 0 Å². The van der Waals surface area contributed by atoms with Gasteiger partial charge in [-0.1, -0.05) is 11.6 Å². The highest BCUT2D eigenvalue weighted by Gasteiger charge is 2.54. The summed E-state index contributed by atoms with van der Waals surface area (Å²) in [5.74, 6) is 0.695. The van der Waals surface area contributed by atoms with E-state index in [-0.39, 0.29) is 11.5 Å². The number of hydrogen-bond donors (Lipinski definition) is 0. The molecule has 21 heavy (non-hydrogen) atoms. The lowest BCUT2D eigenvalue weighted by Crippen LogP contribution is -2.73. The van der Waals surface area contributed by atoms with E-state index in [4.69, 9.17) is 16.3 Å². The molecular weight excluding hydrogens is 292 g/mol. The van der Waals surface area contributed by atoms with E-state index in [9.17, 15) is 4.79 Å². The summed E-state index contributed by atoms with van der Waals surface area (Å²) < 4.78 is 5.36. The second-order valence-electron chi connectivity index (χ2n) is 6.89. The number of amides is 1. The normalized spacial score (nSPS) is 20.0. The summed E-state index contributed by atoms with van der Waals surface area (Å²) in [5.41, 5.74) is -0.261. The number of aromatic nitrogens is 2. The zero-order valence-corrected chi connectivity index (χ0v) is 13.2. The minimum atomic E-state index is -0.442. The molecule has 2 saturated heterocycles. The third-order valence-corrected chi connectivity index (χ3v) is 3.84. The van der Waals surface area contributed by atoms with Crippen molar-refractivity contribution in [1.29, 1.82) is 0 Å². The maximum atomic E-state index is 11.9. The Balaban J connectivity index is 1.50. The van der Waals surface area contributed by atoms with E-state index in [1.807, 2.05) is 20.8 Å². The molecule has 2 fully saturated rings. The predicted octanol–water partition coefficient (Wildman–Crippen LogP) is 2.19. The molecule has 3 rings (SSSR count). The number of carbonyl (C=O) groups excluding carboxylic acids is 1. The minimum Gasteiger partial charge on any atom is -0.444 e. The molecule has 1 aromatic rings. The largest absolute Gasteiger partial charge is 0.444 e. The average molecular weight is 311 g/mol. The molecule has 3 heterocycles. The maximum Gasteiger partial charge on any atom is 0.410 e. The van der Waals surface area contributed by atoms with Crippen molar-refractivity contribution in [2.24, 2.45) is 5.41 Å². The summed E-state index contributed by atoms with van der Waals surface area (Å²) >= 11 is 5.78. The Morgan fingerprint density at radius 2 is 1.81 bits per heavy atom. The molecule has 0 aromatic carbocycles. The Hall–Kier alpha value is -1.56. The predicted molar refractivity (Wildman–Crippen MR) is 79.5 cm³/mol. The Morgan fingerprint density at radius 1 is 1.24 bits per heavy atom. The summed E-state index contributed by atoms with van der Waals surface area (Å²) in [7, 11) is 0. The van der Waals surface area contributed by atoms with Crippen LogP contribution >= 0.6 is 11.6 Å². The third kappa shape index (κ3) is 2.90. The second kappa shape index (κ2) is 4.73. The summed E-state index contributed by atoms with van der Waals surface area (Å²) in [6.07, 6.45) is 2.97. The minimum absolute atomic E-state index is 0.180. The topological polar surface area (TPSA) is 58.6 Å². The highest BCUT2D eigenvalue weighted by atomic mass is 35.5. The lowest BCUT2D eigenvalue weighted by atomic mass is 9.73. The van der Waals surface area contributed by atoms with Gasteiger partial charge in [-0.2, -0.15) is 0 Å². The van der Waals surface area contributed by atoms with Crippen LogP contribution in [0.5, 0.6) is 0 Å². The Bertz CT molecular complexity index is 541. The van der Waals surface area contributed by atoms with Crippen LogP contribution in [0.4, 0.5) is 10.7 Å². The van der Waals surface area contributed by atoms with E-state index in [1.54, 1.807) is 17.3 Å². The summed E-state index contributed by atoms with van der Waals surface area (Å²) in [5, 5.41) is 0.536. The molecule has 0 bridgehead atoms. The monoisotopic (exact) mass is 310 g/mol. The Morgan fingerprint density at radius 3 is 2.33 bits per heavy atom. The highest BCUT2D eigenvalue weighted by Crippen LogP contribution is 2.41. The number of nitrogens with zero attached hydrogens (tertiary/aromatic N) is 4.